The first kappa shape index (κ1) is 33.6. The number of amides is 1. The monoisotopic (exact) mass is 593 g/mol. The van der Waals surface area contributed by atoms with Crippen molar-refractivity contribution in [2.24, 2.45) is 0 Å². The van der Waals surface area contributed by atoms with Crippen LogP contribution in [0, 0.1) is 13.8 Å². The molecule has 9 heteroatoms. The second-order valence-corrected chi connectivity index (χ2v) is 11.0. The predicted molar refractivity (Wildman–Crippen MR) is 164 cm³/mol. The highest BCUT2D eigenvalue weighted by molar-refractivity contribution is 5.88. The molecule has 232 valence electrons. The zero-order valence-corrected chi connectivity index (χ0v) is 25.1. The van der Waals surface area contributed by atoms with Crippen molar-refractivity contribution in [3.63, 3.8) is 0 Å². The molecular formula is C34H43NO8. The maximum atomic E-state index is 13.1. The maximum Gasteiger partial charge on any atom is 0.329 e. The van der Waals surface area contributed by atoms with Crippen molar-refractivity contribution in [3.05, 3.63) is 76.9 Å². The number of ether oxygens (including phenoxy) is 2. The third-order valence-electron chi connectivity index (χ3n) is 7.40. The van der Waals surface area contributed by atoms with Crippen LogP contribution in [0.1, 0.15) is 67.2 Å². The molecule has 0 radical (unpaired) electrons. The van der Waals surface area contributed by atoms with Crippen LogP contribution in [0.2, 0.25) is 0 Å². The SMILES string of the molecule is Cc1cc(CCCCCNC(=O)[C@](CC(=O)O)(OCCCCCc2ccc3ccccc3c2)OCC(=O)O)cc(C)c1O. The molecule has 0 aliphatic rings. The topological polar surface area (TPSA) is 142 Å². The molecule has 0 heterocycles. The molecule has 0 bridgehead atoms. The quantitative estimate of drug-likeness (QED) is 0.103. The van der Waals surface area contributed by atoms with Gasteiger partial charge in [0.1, 0.15) is 18.8 Å². The minimum absolute atomic E-state index is 0.0451. The molecular weight excluding hydrogens is 550 g/mol. The van der Waals surface area contributed by atoms with Crippen molar-refractivity contribution in [3.8, 4) is 5.75 Å². The lowest BCUT2D eigenvalue weighted by Crippen LogP contribution is -2.53. The summed E-state index contributed by atoms with van der Waals surface area (Å²) >= 11 is 0. The minimum Gasteiger partial charge on any atom is -0.507 e. The highest BCUT2D eigenvalue weighted by atomic mass is 16.7. The standard InChI is InChI=1S/C34H43NO8/c1-24-19-27(20-25(2)32(24)40)12-5-3-9-17-35-33(41)34(22-30(36)37,43-23-31(38)39)42-18-10-4-6-11-26-15-16-28-13-7-8-14-29(28)21-26/h7-8,13-16,19-21,40H,3-6,9-12,17-18,22-23H2,1-2H3,(H,35,41)(H,36,37)(H,38,39)/t34-/m1/s1. The molecule has 0 fully saturated rings. The van der Waals surface area contributed by atoms with Crippen LogP contribution in [-0.2, 0) is 36.7 Å². The number of hydrogen-bond donors (Lipinski definition) is 4. The van der Waals surface area contributed by atoms with Gasteiger partial charge in [-0.15, -0.1) is 0 Å². The Morgan fingerprint density at radius 1 is 0.744 bits per heavy atom. The molecule has 43 heavy (non-hydrogen) atoms. The van der Waals surface area contributed by atoms with Crippen LogP contribution in [0.4, 0.5) is 0 Å². The van der Waals surface area contributed by atoms with E-state index in [1.165, 1.54) is 16.3 Å². The number of carboxylic acid groups (broad SMARTS) is 2. The van der Waals surface area contributed by atoms with Gasteiger partial charge in [0.05, 0.1) is 6.61 Å². The Morgan fingerprint density at radius 3 is 2.07 bits per heavy atom. The second kappa shape index (κ2) is 16.6. The van der Waals surface area contributed by atoms with Gasteiger partial charge in [0.2, 0.25) is 0 Å². The summed E-state index contributed by atoms with van der Waals surface area (Å²) in [5.41, 5.74) is 4.02. The van der Waals surface area contributed by atoms with Crippen LogP contribution in [-0.4, -0.2) is 58.7 Å². The first-order valence-electron chi connectivity index (χ1n) is 14.9. The third-order valence-corrected chi connectivity index (χ3v) is 7.40. The van der Waals surface area contributed by atoms with E-state index in [0.29, 0.717) is 18.6 Å². The molecule has 0 saturated heterocycles. The number of aryl methyl sites for hydroxylation is 4. The number of nitrogens with one attached hydrogen (secondary N) is 1. The maximum absolute atomic E-state index is 13.1. The smallest absolute Gasteiger partial charge is 0.329 e. The van der Waals surface area contributed by atoms with Crippen molar-refractivity contribution < 1.29 is 39.2 Å². The Balaban J connectivity index is 1.47. The summed E-state index contributed by atoms with van der Waals surface area (Å²) < 4.78 is 11.0. The third kappa shape index (κ3) is 10.7. The van der Waals surface area contributed by atoms with Gasteiger partial charge >= 0.3 is 11.9 Å². The number of phenols is 1. The molecule has 0 aliphatic carbocycles. The van der Waals surface area contributed by atoms with E-state index in [1.54, 1.807) is 0 Å². The van der Waals surface area contributed by atoms with Crippen LogP contribution in [0.3, 0.4) is 0 Å². The molecule has 1 atom stereocenters. The van der Waals surface area contributed by atoms with Gasteiger partial charge < -0.3 is 30.1 Å². The number of carbonyl (C=O) groups is 3. The molecule has 0 aliphatic heterocycles. The van der Waals surface area contributed by atoms with E-state index in [2.05, 4.69) is 35.6 Å². The van der Waals surface area contributed by atoms with Gasteiger partial charge in [0.25, 0.3) is 11.7 Å². The molecule has 0 spiro atoms. The number of aromatic hydroxyl groups is 1. The number of unbranched alkanes of at least 4 members (excludes halogenated alkanes) is 4. The zero-order chi connectivity index (χ0) is 31.2. The molecule has 1 amide bonds. The molecule has 3 aromatic rings. The highest BCUT2D eigenvalue weighted by Gasteiger charge is 2.44. The van der Waals surface area contributed by atoms with Crippen LogP contribution >= 0.6 is 0 Å². The number of hydrogen-bond acceptors (Lipinski definition) is 6. The van der Waals surface area contributed by atoms with Crippen molar-refractivity contribution in [2.45, 2.75) is 77.4 Å². The Hall–Kier alpha value is -3.95. The Morgan fingerprint density at radius 2 is 1.40 bits per heavy atom. The van der Waals surface area contributed by atoms with Crippen molar-refractivity contribution in [2.75, 3.05) is 19.8 Å². The predicted octanol–water partition coefficient (Wildman–Crippen LogP) is 5.69. The highest BCUT2D eigenvalue weighted by Crippen LogP contribution is 2.24. The van der Waals surface area contributed by atoms with Crippen molar-refractivity contribution in [1.29, 1.82) is 0 Å². The molecule has 3 aromatic carbocycles. The van der Waals surface area contributed by atoms with Gasteiger partial charge in [0.15, 0.2) is 0 Å². The number of fused-ring (bicyclic) bond motifs is 1. The summed E-state index contributed by atoms with van der Waals surface area (Å²) in [4.78, 5) is 36.0. The Labute approximate surface area is 252 Å². The lowest BCUT2D eigenvalue weighted by molar-refractivity contribution is -0.237. The molecule has 9 nitrogen and oxygen atoms in total. The Kier molecular flexibility index (Phi) is 13.0. The van der Waals surface area contributed by atoms with E-state index < -0.39 is 36.7 Å². The summed E-state index contributed by atoms with van der Waals surface area (Å²) in [5, 5.41) is 33.7. The molecule has 3 rings (SSSR count). The van der Waals surface area contributed by atoms with E-state index in [4.69, 9.17) is 14.6 Å². The molecule has 4 N–H and O–H groups in total. The number of phenolic OH excluding ortho intramolecular Hbond substituents is 1. The van der Waals surface area contributed by atoms with Gasteiger partial charge in [-0.25, -0.2) is 4.79 Å². The van der Waals surface area contributed by atoms with Gasteiger partial charge in [-0.1, -0.05) is 67.4 Å². The minimum atomic E-state index is -2.23. The summed E-state index contributed by atoms with van der Waals surface area (Å²) in [5.74, 6) is -5.39. The van der Waals surface area contributed by atoms with E-state index in [0.717, 1.165) is 55.2 Å². The van der Waals surface area contributed by atoms with Crippen LogP contribution in [0.5, 0.6) is 5.75 Å². The van der Waals surface area contributed by atoms with Crippen LogP contribution in [0.25, 0.3) is 10.8 Å². The lowest BCUT2D eigenvalue weighted by atomic mass is 10.0. The van der Waals surface area contributed by atoms with Gasteiger partial charge in [-0.3, -0.25) is 9.59 Å². The first-order chi connectivity index (χ1) is 20.6. The van der Waals surface area contributed by atoms with Crippen molar-refractivity contribution >= 4 is 28.6 Å². The summed E-state index contributed by atoms with van der Waals surface area (Å²) in [6.07, 6.45) is 5.38. The van der Waals surface area contributed by atoms with Crippen LogP contribution < -0.4 is 5.32 Å². The fourth-order valence-corrected chi connectivity index (χ4v) is 5.13. The summed E-state index contributed by atoms with van der Waals surface area (Å²) in [7, 11) is 0. The summed E-state index contributed by atoms with van der Waals surface area (Å²) in [6, 6.07) is 18.5. The zero-order valence-electron chi connectivity index (χ0n) is 25.1. The summed E-state index contributed by atoms with van der Waals surface area (Å²) in [6.45, 7) is 3.17. The molecule has 0 aromatic heterocycles. The second-order valence-electron chi connectivity index (χ2n) is 11.0. The van der Waals surface area contributed by atoms with E-state index in [1.807, 2.05) is 38.1 Å². The van der Waals surface area contributed by atoms with E-state index in [9.17, 15) is 24.6 Å². The fraction of sp³-hybridized carbons (Fsp3) is 0.441. The normalized spacial score (nSPS) is 12.6. The van der Waals surface area contributed by atoms with Gasteiger partial charge in [-0.2, -0.15) is 0 Å². The van der Waals surface area contributed by atoms with Crippen LogP contribution in [0.15, 0.2) is 54.6 Å². The molecule has 0 unspecified atom stereocenters. The number of carboxylic acids is 2. The van der Waals surface area contributed by atoms with Crippen molar-refractivity contribution in [1.82, 2.24) is 5.32 Å². The lowest BCUT2D eigenvalue weighted by Gasteiger charge is -2.30. The number of rotatable bonds is 19. The largest absolute Gasteiger partial charge is 0.507 e. The van der Waals surface area contributed by atoms with E-state index >= 15 is 0 Å². The number of benzene rings is 3. The van der Waals surface area contributed by atoms with E-state index in [-0.39, 0.29) is 13.2 Å². The average molecular weight is 594 g/mol. The number of carbonyl (C=O) groups excluding carboxylic acids is 1. The van der Waals surface area contributed by atoms with Gasteiger partial charge in [0, 0.05) is 6.54 Å². The molecule has 0 saturated carbocycles. The average Bonchev–Trinajstić information content (AvgIpc) is 2.97. The Bertz CT molecular complexity index is 1360. The fourth-order valence-electron chi connectivity index (χ4n) is 5.13. The first-order valence-corrected chi connectivity index (χ1v) is 14.9. The number of aliphatic carboxylic acids is 2. The van der Waals surface area contributed by atoms with Gasteiger partial charge in [-0.05, 0) is 85.4 Å².